The average molecular weight is 1240 g/mol. The van der Waals surface area contributed by atoms with Crippen LogP contribution in [-0.2, 0) is 0 Å². The number of hydrogen-bond donors (Lipinski definition) is 0. The molecule has 0 amide bonds. The van der Waals surface area contributed by atoms with Crippen LogP contribution in [0.1, 0.15) is 226 Å². The Morgan fingerprint density at radius 2 is 0.511 bits per heavy atom. The Kier molecular flexibility index (Phi) is 86.8. The van der Waals surface area contributed by atoms with Crippen LogP contribution < -0.4 is 0 Å². The summed E-state index contributed by atoms with van der Waals surface area (Å²) in [5.41, 5.74) is 18.0. The van der Waals surface area contributed by atoms with Gasteiger partial charge in [0.05, 0.1) is 11.4 Å². The van der Waals surface area contributed by atoms with Crippen LogP contribution in [0.4, 0.5) is 0 Å². The second-order valence-corrected chi connectivity index (χ2v) is 17.2. The molecule has 0 aromatic carbocycles. The highest BCUT2D eigenvalue weighted by molar-refractivity contribution is 5.16. The summed E-state index contributed by atoms with van der Waals surface area (Å²) in [5, 5.41) is 0. The number of hydrogen-bond acceptors (Lipinski definition) is 12. The average Bonchev–Trinajstić information content (AvgIpc) is 3.56. The predicted molar refractivity (Wildman–Crippen MR) is 399 cm³/mol. The molecule has 9 heterocycles. The van der Waals surface area contributed by atoms with Crippen LogP contribution in [0.25, 0.3) is 0 Å². The molecule has 0 radical (unpaired) electrons. The Balaban J connectivity index is -0.000000113. The summed E-state index contributed by atoms with van der Waals surface area (Å²) in [5.74, 6) is 1.67. The third-order valence-corrected chi connectivity index (χ3v) is 9.00. The zero-order chi connectivity index (χ0) is 71.8. The highest BCUT2D eigenvalue weighted by Crippen LogP contribution is 2.00. The lowest BCUT2D eigenvalue weighted by Crippen LogP contribution is -1.86. The van der Waals surface area contributed by atoms with Crippen molar-refractivity contribution in [2.45, 2.75) is 249 Å². The molecular formula is C78H132N12. The molecule has 0 unspecified atom stereocenters. The maximum atomic E-state index is 4.17. The zero-order valence-electron chi connectivity index (χ0n) is 64.2. The van der Waals surface area contributed by atoms with E-state index in [4.69, 9.17) is 0 Å². The minimum Gasteiger partial charge on any atom is -0.264 e. The molecule has 504 valence electrons. The van der Waals surface area contributed by atoms with Gasteiger partial charge < -0.3 is 0 Å². The molecule has 0 fully saturated rings. The van der Waals surface area contributed by atoms with Gasteiger partial charge in [0, 0.05) is 108 Å². The quantitative estimate of drug-likeness (QED) is 0.142. The molecule has 0 bridgehead atoms. The first-order chi connectivity index (χ1) is 43.1. The van der Waals surface area contributed by atoms with E-state index in [9.17, 15) is 0 Å². The maximum Gasteiger partial charge on any atom is 0.125 e. The molecule has 0 saturated heterocycles. The molecule has 0 atom stereocenters. The second kappa shape index (κ2) is 77.2. The standard InChI is InChI=1S/6C7H9N.3C6H8N2.9C2H6/c1-6-3-7(2)5-8-4-6;2*1-6-3-4-8-7(2)5-6;2*1-6-3-4-7(2)8-5-6;1-6-4-3-5-7(2)8-6;1-5-3-8-6(2)4-7-5;1-5-3-7-6(2)8-4-5;1-5-3-4-7-6(2)8-5;9*1-2/h6*3-5H,1-2H3;3*3-4H,1-2H3;9*1-2H3. The molecule has 0 saturated carbocycles. The molecule has 0 aliphatic heterocycles. The number of pyridine rings is 6. The fourth-order valence-corrected chi connectivity index (χ4v) is 5.33. The minimum absolute atomic E-state index is 0.829. The van der Waals surface area contributed by atoms with Crippen molar-refractivity contribution in [3.63, 3.8) is 0 Å². The van der Waals surface area contributed by atoms with E-state index in [2.05, 4.69) is 104 Å². The largest absolute Gasteiger partial charge is 0.264 e. The lowest BCUT2D eigenvalue weighted by molar-refractivity contribution is 1.01. The van der Waals surface area contributed by atoms with E-state index < -0.39 is 0 Å². The van der Waals surface area contributed by atoms with Crippen LogP contribution in [0.2, 0.25) is 0 Å². The third-order valence-electron chi connectivity index (χ3n) is 9.00. The molecule has 9 aromatic heterocycles. The maximum absolute atomic E-state index is 4.17. The zero-order valence-corrected chi connectivity index (χ0v) is 64.2. The van der Waals surface area contributed by atoms with Crippen molar-refractivity contribution < 1.29 is 0 Å². The van der Waals surface area contributed by atoms with Gasteiger partial charge in [0.15, 0.2) is 0 Å². The summed E-state index contributed by atoms with van der Waals surface area (Å²) in [4.78, 5) is 48.4. The normalized spacial score (nSPS) is 8.00. The number of nitrogens with zero attached hydrogens (tertiary/aromatic N) is 12. The summed E-state index contributed by atoms with van der Waals surface area (Å²) in [7, 11) is 0. The highest BCUT2D eigenvalue weighted by Gasteiger charge is 1.88. The summed E-state index contributed by atoms with van der Waals surface area (Å²) < 4.78 is 0. The fraction of sp³-hybridized carbons (Fsp3) is 0.462. The molecule has 0 N–H and O–H groups in total. The van der Waals surface area contributed by atoms with E-state index in [0.717, 1.165) is 68.5 Å². The third kappa shape index (κ3) is 74.4. The van der Waals surface area contributed by atoms with E-state index in [1.54, 1.807) is 18.6 Å². The van der Waals surface area contributed by atoms with Crippen LogP contribution in [0.3, 0.4) is 0 Å². The lowest BCUT2D eigenvalue weighted by Gasteiger charge is -1.90. The van der Waals surface area contributed by atoms with Gasteiger partial charge in [0.1, 0.15) is 11.6 Å². The van der Waals surface area contributed by atoms with Crippen molar-refractivity contribution in [3.8, 4) is 0 Å². The van der Waals surface area contributed by atoms with Gasteiger partial charge >= 0.3 is 0 Å². The van der Waals surface area contributed by atoms with Crippen LogP contribution in [0.15, 0.2) is 147 Å². The Labute approximate surface area is 555 Å². The molecule has 90 heavy (non-hydrogen) atoms. The Bertz CT molecular complexity index is 2220. The second-order valence-electron chi connectivity index (χ2n) is 17.2. The smallest absolute Gasteiger partial charge is 0.125 e. The van der Waals surface area contributed by atoms with E-state index >= 15 is 0 Å². The van der Waals surface area contributed by atoms with Crippen molar-refractivity contribution in [1.82, 2.24) is 59.8 Å². The minimum atomic E-state index is 0.829. The SMILES string of the molecule is CC.CC.CC.CC.CC.CC.CC.CC.CC.Cc1ccc(C)nc1.Cc1ccc(C)nc1.Cc1cccc(C)n1.Cc1ccnc(C)c1.Cc1ccnc(C)c1.Cc1ccnc(C)n1.Cc1cnc(C)cn1.Cc1cnc(C)nc1.Cc1cncc(C)c1. The van der Waals surface area contributed by atoms with Crippen molar-refractivity contribution in [2.24, 2.45) is 0 Å². The number of rotatable bonds is 0. The summed E-state index contributed by atoms with van der Waals surface area (Å²) >= 11 is 0. The molecule has 12 nitrogen and oxygen atoms in total. The Hall–Kier alpha value is -7.86. The van der Waals surface area contributed by atoms with E-state index in [0.29, 0.717) is 0 Å². The lowest BCUT2D eigenvalue weighted by atomic mass is 10.2. The predicted octanol–water partition coefficient (Wildman–Crippen LogP) is 22.7. The van der Waals surface area contributed by atoms with Gasteiger partial charge in [-0.25, -0.2) is 19.9 Å². The molecule has 9 rings (SSSR count). The first-order valence-corrected chi connectivity index (χ1v) is 32.7. The van der Waals surface area contributed by atoms with E-state index in [1.807, 2.05) is 334 Å². The van der Waals surface area contributed by atoms with Gasteiger partial charge in [-0.3, -0.25) is 39.9 Å². The van der Waals surface area contributed by atoms with E-state index in [-0.39, 0.29) is 0 Å². The molecule has 0 aliphatic rings. The monoisotopic (exact) mass is 1240 g/mol. The highest BCUT2D eigenvalue weighted by atomic mass is 14.9. The van der Waals surface area contributed by atoms with E-state index in [1.165, 1.54) is 33.4 Å². The first-order valence-electron chi connectivity index (χ1n) is 32.7. The van der Waals surface area contributed by atoms with Crippen molar-refractivity contribution in [2.75, 3.05) is 0 Å². The summed E-state index contributed by atoms with van der Waals surface area (Å²) in [6.45, 7) is 71.8. The Morgan fingerprint density at radius 1 is 0.189 bits per heavy atom. The van der Waals surface area contributed by atoms with Gasteiger partial charge in [0.2, 0.25) is 0 Å². The van der Waals surface area contributed by atoms with Gasteiger partial charge in [-0.05, 0) is 218 Å². The molecule has 0 spiro atoms. The van der Waals surface area contributed by atoms with Crippen LogP contribution in [0, 0.1) is 125 Å². The molecule has 0 aliphatic carbocycles. The van der Waals surface area contributed by atoms with Crippen molar-refractivity contribution in [3.05, 3.63) is 249 Å². The topological polar surface area (TPSA) is 155 Å². The van der Waals surface area contributed by atoms with Crippen LogP contribution >= 0.6 is 0 Å². The van der Waals surface area contributed by atoms with Crippen LogP contribution in [0.5, 0.6) is 0 Å². The van der Waals surface area contributed by atoms with Gasteiger partial charge in [-0.15, -0.1) is 0 Å². The van der Waals surface area contributed by atoms with Gasteiger partial charge in [-0.2, -0.15) is 0 Å². The number of aryl methyl sites for hydroxylation is 18. The summed E-state index contributed by atoms with van der Waals surface area (Å²) in [6, 6.07) is 26.2. The molecule has 12 heteroatoms. The first kappa shape index (κ1) is 101. The molecule has 9 aromatic rings. The fourth-order valence-electron chi connectivity index (χ4n) is 5.33. The Morgan fingerprint density at radius 3 is 0.711 bits per heavy atom. The van der Waals surface area contributed by atoms with Gasteiger partial charge in [0.25, 0.3) is 0 Å². The van der Waals surface area contributed by atoms with Gasteiger partial charge in [-0.1, -0.05) is 149 Å². The number of aromatic nitrogens is 12. The summed E-state index contributed by atoms with van der Waals surface area (Å²) in [6.07, 6.45) is 20.0. The molecular weight excluding hydrogens is 1100 g/mol. The van der Waals surface area contributed by atoms with Crippen LogP contribution in [-0.4, -0.2) is 59.8 Å². The van der Waals surface area contributed by atoms with Crippen molar-refractivity contribution >= 4 is 0 Å². The van der Waals surface area contributed by atoms with Crippen molar-refractivity contribution in [1.29, 1.82) is 0 Å².